The highest BCUT2D eigenvalue weighted by atomic mass is 19.1. The molecule has 0 amide bonds. The number of pyridine rings is 1. The molecule has 7 nitrogen and oxygen atoms in total. The van der Waals surface area contributed by atoms with Crippen LogP contribution in [0.2, 0.25) is 0 Å². The van der Waals surface area contributed by atoms with Crippen LogP contribution in [0.25, 0.3) is 22.3 Å². The van der Waals surface area contributed by atoms with Crippen molar-refractivity contribution in [2.75, 3.05) is 19.8 Å². The van der Waals surface area contributed by atoms with Crippen molar-refractivity contribution in [2.24, 2.45) is 0 Å². The van der Waals surface area contributed by atoms with E-state index in [1.807, 2.05) is 24.3 Å². The summed E-state index contributed by atoms with van der Waals surface area (Å²) in [6.07, 6.45) is 1.74. The largest absolute Gasteiger partial charge is 0.470 e. The van der Waals surface area contributed by atoms with E-state index in [0.29, 0.717) is 34.8 Å². The summed E-state index contributed by atoms with van der Waals surface area (Å²) in [4.78, 5) is 7.61. The third kappa shape index (κ3) is 3.57. The number of hydrogen-bond acceptors (Lipinski definition) is 6. The number of aliphatic hydroxyl groups excluding tert-OH is 1. The number of H-pyrrole nitrogens is 1. The lowest BCUT2D eigenvalue weighted by molar-refractivity contribution is 0.00794. The van der Waals surface area contributed by atoms with Gasteiger partial charge in [0, 0.05) is 24.3 Å². The Hall–Kier alpha value is -2.52. The number of hydrogen-bond donors (Lipinski definition) is 2. The summed E-state index contributed by atoms with van der Waals surface area (Å²) in [5.74, 6) is 0.0622. The molecular weight excluding hydrogens is 415 g/mol. The molecular formula is C24H25FN2O5. The molecule has 0 saturated carbocycles. The summed E-state index contributed by atoms with van der Waals surface area (Å²) in [6.45, 7) is 1.35. The quantitative estimate of drug-likeness (QED) is 0.646. The minimum absolute atomic E-state index is 0.117. The van der Waals surface area contributed by atoms with Gasteiger partial charge in [-0.25, -0.2) is 9.37 Å². The Morgan fingerprint density at radius 1 is 1.03 bits per heavy atom. The maximum absolute atomic E-state index is 14.9. The number of halogens is 1. The third-order valence-corrected chi connectivity index (χ3v) is 6.53. The van der Waals surface area contributed by atoms with Gasteiger partial charge in [0.1, 0.15) is 24.0 Å². The molecule has 0 spiro atoms. The van der Waals surface area contributed by atoms with E-state index in [4.69, 9.17) is 18.9 Å². The number of fused-ring (bicyclic) bond motifs is 2. The van der Waals surface area contributed by atoms with Crippen molar-refractivity contribution < 1.29 is 28.4 Å². The molecule has 3 aliphatic heterocycles. The summed E-state index contributed by atoms with van der Waals surface area (Å²) in [5.41, 5.74) is 3.29. The smallest absolute Gasteiger partial charge is 0.193 e. The first kappa shape index (κ1) is 20.1. The average Bonchev–Trinajstić information content (AvgIpc) is 3.51. The molecule has 0 aliphatic carbocycles. The SMILES string of the molecule is O[C@@H]1CO[C@H]2[C@@H]1OC[C@H]2Oc1cc2nc(-c3ccc(C4CCCCO4)cc3)c(F)cc2[nH]1. The second kappa shape index (κ2) is 8.12. The van der Waals surface area contributed by atoms with Crippen LogP contribution in [0.5, 0.6) is 5.88 Å². The Kier molecular flexibility index (Phi) is 5.10. The van der Waals surface area contributed by atoms with Gasteiger partial charge < -0.3 is 29.0 Å². The van der Waals surface area contributed by atoms with Gasteiger partial charge in [-0.15, -0.1) is 0 Å². The molecule has 3 saturated heterocycles. The van der Waals surface area contributed by atoms with Gasteiger partial charge in [0.25, 0.3) is 0 Å². The number of aromatic amines is 1. The van der Waals surface area contributed by atoms with Gasteiger partial charge in [0.05, 0.1) is 30.4 Å². The molecule has 5 atom stereocenters. The van der Waals surface area contributed by atoms with Gasteiger partial charge >= 0.3 is 0 Å². The Balaban J connectivity index is 1.23. The minimum atomic E-state index is -0.634. The van der Waals surface area contributed by atoms with Crippen LogP contribution in [0, 0.1) is 5.82 Å². The molecule has 1 unspecified atom stereocenters. The van der Waals surface area contributed by atoms with E-state index in [1.165, 1.54) is 6.07 Å². The Bertz CT molecular complexity index is 1110. The van der Waals surface area contributed by atoms with Gasteiger partial charge in [-0.1, -0.05) is 24.3 Å². The lowest BCUT2D eigenvalue weighted by Crippen LogP contribution is -2.34. The van der Waals surface area contributed by atoms with E-state index in [-0.39, 0.29) is 31.0 Å². The van der Waals surface area contributed by atoms with Crippen LogP contribution < -0.4 is 4.74 Å². The van der Waals surface area contributed by atoms with Crippen LogP contribution in [-0.4, -0.2) is 59.3 Å². The third-order valence-electron chi connectivity index (χ3n) is 6.53. The molecule has 5 heterocycles. The van der Waals surface area contributed by atoms with E-state index in [9.17, 15) is 9.50 Å². The number of benzene rings is 1. The first-order valence-electron chi connectivity index (χ1n) is 11.1. The molecule has 3 aromatic rings. The zero-order valence-corrected chi connectivity index (χ0v) is 17.5. The van der Waals surface area contributed by atoms with Gasteiger partial charge in [0.2, 0.25) is 0 Å². The zero-order valence-electron chi connectivity index (χ0n) is 17.5. The summed E-state index contributed by atoms with van der Waals surface area (Å²) in [5, 5.41) is 9.89. The fraction of sp³-hybridized carbons (Fsp3) is 0.458. The summed E-state index contributed by atoms with van der Waals surface area (Å²) < 4.78 is 37.9. The van der Waals surface area contributed by atoms with E-state index in [0.717, 1.165) is 31.4 Å². The maximum atomic E-state index is 14.9. The topological polar surface area (TPSA) is 85.8 Å². The van der Waals surface area contributed by atoms with Crippen molar-refractivity contribution in [1.29, 1.82) is 0 Å². The average molecular weight is 440 g/mol. The van der Waals surface area contributed by atoms with Crippen molar-refractivity contribution in [3.8, 4) is 17.1 Å². The van der Waals surface area contributed by atoms with Gasteiger partial charge in [-0.3, -0.25) is 0 Å². The van der Waals surface area contributed by atoms with E-state index >= 15 is 0 Å². The highest BCUT2D eigenvalue weighted by molar-refractivity contribution is 5.80. The van der Waals surface area contributed by atoms with Gasteiger partial charge in [-0.2, -0.15) is 0 Å². The molecule has 3 fully saturated rings. The highest BCUT2D eigenvalue weighted by Crippen LogP contribution is 2.33. The van der Waals surface area contributed by atoms with Gasteiger partial charge in [-0.05, 0) is 24.8 Å². The minimum Gasteiger partial charge on any atom is -0.470 e. The summed E-state index contributed by atoms with van der Waals surface area (Å²) >= 11 is 0. The van der Waals surface area contributed by atoms with Crippen LogP contribution >= 0.6 is 0 Å². The van der Waals surface area contributed by atoms with Crippen molar-refractivity contribution in [3.63, 3.8) is 0 Å². The molecule has 32 heavy (non-hydrogen) atoms. The molecule has 1 aromatic carbocycles. The fourth-order valence-electron chi connectivity index (χ4n) is 4.84. The lowest BCUT2D eigenvalue weighted by Gasteiger charge is -2.23. The maximum Gasteiger partial charge on any atom is 0.193 e. The molecule has 8 heteroatoms. The molecule has 168 valence electrons. The highest BCUT2D eigenvalue weighted by Gasteiger charge is 2.48. The number of aromatic nitrogens is 2. The predicted octanol–water partition coefficient (Wildman–Crippen LogP) is 3.52. The van der Waals surface area contributed by atoms with Crippen molar-refractivity contribution in [1.82, 2.24) is 9.97 Å². The van der Waals surface area contributed by atoms with Crippen LogP contribution in [0.3, 0.4) is 0 Å². The normalized spacial score (nSPS) is 30.0. The number of rotatable bonds is 4. The Morgan fingerprint density at radius 3 is 2.69 bits per heavy atom. The monoisotopic (exact) mass is 440 g/mol. The van der Waals surface area contributed by atoms with E-state index < -0.39 is 11.9 Å². The first-order chi connectivity index (χ1) is 15.7. The van der Waals surface area contributed by atoms with Crippen molar-refractivity contribution in [3.05, 3.63) is 47.8 Å². The molecule has 2 aromatic heterocycles. The molecule has 6 rings (SSSR count). The number of aliphatic hydroxyl groups is 1. The fourth-order valence-corrected chi connectivity index (χ4v) is 4.84. The summed E-state index contributed by atoms with van der Waals surface area (Å²) in [6, 6.07) is 11.0. The standard InChI is InChI=1S/C24H25FN2O5/c25-15-9-16-17(10-21(26-16)32-20-12-31-23-18(28)11-30-24(20)23)27-22(15)14-6-4-13(5-7-14)19-3-1-2-8-29-19/h4-7,9-10,18-20,23-24,26,28H,1-3,8,11-12H2/t18-,19?,20-,23-,24-/m1/s1. The molecule has 0 radical (unpaired) electrons. The number of ether oxygens (including phenoxy) is 4. The predicted molar refractivity (Wildman–Crippen MR) is 114 cm³/mol. The lowest BCUT2D eigenvalue weighted by atomic mass is 9.99. The molecule has 3 aliphatic rings. The van der Waals surface area contributed by atoms with Crippen LogP contribution in [0.1, 0.15) is 30.9 Å². The molecule has 2 N–H and O–H groups in total. The van der Waals surface area contributed by atoms with E-state index in [1.54, 1.807) is 6.07 Å². The van der Waals surface area contributed by atoms with Crippen molar-refractivity contribution in [2.45, 2.75) is 49.8 Å². The second-order valence-electron chi connectivity index (χ2n) is 8.68. The summed E-state index contributed by atoms with van der Waals surface area (Å²) in [7, 11) is 0. The Morgan fingerprint density at radius 2 is 1.88 bits per heavy atom. The van der Waals surface area contributed by atoms with Crippen molar-refractivity contribution >= 4 is 11.0 Å². The van der Waals surface area contributed by atoms with E-state index in [2.05, 4.69) is 9.97 Å². The van der Waals surface area contributed by atoms with Crippen LogP contribution in [-0.2, 0) is 14.2 Å². The second-order valence-corrected chi connectivity index (χ2v) is 8.68. The number of nitrogens with zero attached hydrogens (tertiary/aromatic N) is 1. The molecule has 0 bridgehead atoms. The van der Waals surface area contributed by atoms with Gasteiger partial charge in [0.15, 0.2) is 17.8 Å². The number of nitrogens with one attached hydrogen (secondary N) is 1. The Labute approximate surface area is 184 Å². The van der Waals surface area contributed by atoms with Crippen LogP contribution in [0.4, 0.5) is 4.39 Å². The first-order valence-corrected chi connectivity index (χ1v) is 11.1. The zero-order chi connectivity index (χ0) is 21.7. The van der Waals surface area contributed by atoms with Crippen LogP contribution in [0.15, 0.2) is 36.4 Å².